The first-order chi connectivity index (χ1) is 20.3. The quantitative estimate of drug-likeness (QED) is 0.285. The van der Waals surface area contributed by atoms with Gasteiger partial charge in [-0.3, -0.25) is 0 Å². The van der Waals surface area contributed by atoms with Gasteiger partial charge in [-0.25, -0.2) is 28.6 Å². The lowest BCUT2D eigenvalue weighted by atomic mass is 9.98. The third-order valence-corrected chi connectivity index (χ3v) is 7.76. The van der Waals surface area contributed by atoms with Gasteiger partial charge in [0.2, 0.25) is 0 Å². The summed E-state index contributed by atoms with van der Waals surface area (Å²) in [6.45, 7) is 5.01. The average molecular weight is 568 g/mol. The minimum atomic E-state index is -0.411. The molecule has 6 aromatic rings. The van der Waals surface area contributed by atoms with Crippen molar-refractivity contribution in [2.24, 2.45) is 13.0 Å². The number of aromatic amines is 1. The molecule has 0 atom stereocenters. The van der Waals surface area contributed by atoms with Gasteiger partial charge in [0, 0.05) is 36.8 Å². The summed E-state index contributed by atoms with van der Waals surface area (Å²) in [5.41, 5.74) is 2.89. The maximum Gasteiger partial charge on any atom is 0.352 e. The molecule has 0 unspecified atom stereocenters. The summed E-state index contributed by atoms with van der Waals surface area (Å²) >= 11 is 0. The number of aryl methyl sites for hydroxylation is 1. The second-order valence-electron chi connectivity index (χ2n) is 11.1. The Hall–Kier alpha value is -5.20. The molecular weight excluding hydrogens is 538 g/mol. The van der Waals surface area contributed by atoms with Gasteiger partial charge in [-0.15, -0.1) is 5.10 Å². The monoisotopic (exact) mass is 567 g/mol. The molecule has 13 nitrogen and oxygen atoms in total. The molecule has 214 valence electrons. The van der Waals surface area contributed by atoms with E-state index >= 15 is 0 Å². The van der Waals surface area contributed by atoms with Crippen LogP contribution < -0.4 is 16.1 Å². The van der Waals surface area contributed by atoms with Gasteiger partial charge < -0.3 is 14.4 Å². The Morgan fingerprint density at radius 1 is 1.14 bits per heavy atom. The highest BCUT2D eigenvalue weighted by atomic mass is 16.5. The summed E-state index contributed by atoms with van der Waals surface area (Å²) in [5.74, 6) is 1.37. The number of H-pyrrole nitrogens is 1. The fraction of sp³-hybridized carbons (Fsp3) is 0.310. The average Bonchev–Trinajstić information content (AvgIpc) is 3.36. The van der Waals surface area contributed by atoms with E-state index in [2.05, 4.69) is 42.3 Å². The number of aromatic hydroxyl groups is 1. The molecule has 0 radical (unpaired) electrons. The van der Waals surface area contributed by atoms with Gasteiger partial charge in [-0.2, -0.15) is 9.78 Å². The summed E-state index contributed by atoms with van der Waals surface area (Å²) in [7, 11) is 1.51. The van der Waals surface area contributed by atoms with Crippen LogP contribution in [0.4, 0.5) is 0 Å². The first kappa shape index (κ1) is 25.7. The van der Waals surface area contributed by atoms with Crippen LogP contribution >= 0.6 is 0 Å². The van der Waals surface area contributed by atoms with Gasteiger partial charge >= 0.3 is 11.4 Å². The van der Waals surface area contributed by atoms with E-state index in [1.807, 2.05) is 32.0 Å². The Balaban J connectivity index is 1.23. The van der Waals surface area contributed by atoms with Crippen LogP contribution in [0.5, 0.6) is 11.5 Å². The zero-order chi connectivity index (χ0) is 29.1. The van der Waals surface area contributed by atoms with Gasteiger partial charge in [0.15, 0.2) is 11.5 Å². The highest BCUT2D eigenvalue weighted by Crippen LogP contribution is 2.39. The Bertz CT molecular complexity index is 2090. The number of aromatic nitrogens is 9. The lowest BCUT2D eigenvalue weighted by Gasteiger charge is -2.17. The van der Waals surface area contributed by atoms with E-state index < -0.39 is 5.69 Å². The second kappa shape index (κ2) is 9.72. The molecule has 4 aromatic heterocycles. The van der Waals surface area contributed by atoms with Gasteiger partial charge in [0.1, 0.15) is 30.1 Å². The third-order valence-electron chi connectivity index (χ3n) is 7.76. The number of phenolic OH excluding ortho intramolecular Hbond substituents is 1. The van der Waals surface area contributed by atoms with Crippen molar-refractivity contribution in [3.05, 3.63) is 81.1 Å². The van der Waals surface area contributed by atoms with Crippen LogP contribution in [0.1, 0.15) is 43.9 Å². The number of nitrogens with one attached hydrogen (secondary N) is 1. The van der Waals surface area contributed by atoms with Crippen molar-refractivity contribution in [1.29, 1.82) is 0 Å². The van der Waals surface area contributed by atoms with Crippen molar-refractivity contribution >= 4 is 16.6 Å². The number of phenols is 1. The highest BCUT2D eigenvalue weighted by Gasteiger charge is 2.23. The largest absolute Gasteiger partial charge is 0.507 e. The first-order valence-electron chi connectivity index (χ1n) is 13.8. The molecule has 42 heavy (non-hydrogen) atoms. The smallest absolute Gasteiger partial charge is 0.352 e. The number of hydrogen-bond acceptors (Lipinski definition) is 8. The molecule has 1 saturated carbocycles. The van der Waals surface area contributed by atoms with Crippen molar-refractivity contribution in [3.8, 4) is 28.6 Å². The molecule has 0 spiro atoms. The van der Waals surface area contributed by atoms with Crippen LogP contribution in [0.25, 0.3) is 33.6 Å². The summed E-state index contributed by atoms with van der Waals surface area (Å²) in [6, 6.07) is 11.2. The number of benzene rings is 2. The summed E-state index contributed by atoms with van der Waals surface area (Å²) < 4.78 is 12.2. The SMILES string of the molecule is CC(C)c1cc(-c2n[nH]c(=O)n2-c2ccc3c(ccn3CC3CC3)c2)c(O)cc1OCc1ncn2c(=O)n(C)nnc12. The predicted octanol–water partition coefficient (Wildman–Crippen LogP) is 3.14. The highest BCUT2D eigenvalue weighted by molar-refractivity contribution is 5.83. The summed E-state index contributed by atoms with van der Waals surface area (Å²) in [6.07, 6.45) is 6.01. The van der Waals surface area contributed by atoms with E-state index in [9.17, 15) is 14.7 Å². The van der Waals surface area contributed by atoms with Crippen molar-refractivity contribution in [3.63, 3.8) is 0 Å². The van der Waals surface area contributed by atoms with Crippen molar-refractivity contribution in [1.82, 2.24) is 43.7 Å². The molecule has 1 aliphatic carbocycles. The molecule has 0 bridgehead atoms. The van der Waals surface area contributed by atoms with Gasteiger partial charge in [0.05, 0.1) is 11.3 Å². The molecule has 0 aliphatic heterocycles. The van der Waals surface area contributed by atoms with Gasteiger partial charge in [-0.1, -0.05) is 19.1 Å². The first-order valence-corrected chi connectivity index (χ1v) is 13.8. The Kier molecular flexibility index (Phi) is 5.96. The summed E-state index contributed by atoms with van der Waals surface area (Å²) in [4.78, 5) is 29.5. The van der Waals surface area contributed by atoms with Crippen molar-refractivity contribution in [2.75, 3.05) is 0 Å². The minimum absolute atomic E-state index is 0.00434. The number of hydrogen-bond donors (Lipinski definition) is 2. The molecule has 0 saturated heterocycles. The van der Waals surface area contributed by atoms with Crippen LogP contribution in [0.15, 0.2) is 58.5 Å². The number of rotatable bonds is 8. The van der Waals surface area contributed by atoms with Crippen LogP contribution in [0.3, 0.4) is 0 Å². The van der Waals surface area contributed by atoms with Crippen molar-refractivity contribution < 1.29 is 9.84 Å². The maximum absolute atomic E-state index is 13.0. The number of fused-ring (bicyclic) bond motifs is 2. The predicted molar refractivity (Wildman–Crippen MR) is 154 cm³/mol. The molecule has 1 fully saturated rings. The van der Waals surface area contributed by atoms with E-state index in [1.54, 1.807) is 6.07 Å². The minimum Gasteiger partial charge on any atom is -0.507 e. The molecule has 7 rings (SSSR count). The Morgan fingerprint density at radius 3 is 2.76 bits per heavy atom. The lowest BCUT2D eigenvalue weighted by molar-refractivity contribution is 0.297. The van der Waals surface area contributed by atoms with Gasteiger partial charge in [0.25, 0.3) is 0 Å². The standard InChI is InChI=1S/C29H29N9O4/c1-16(2)20-11-21(24(39)12-25(20)42-14-22-27-32-34-35(3)29(41)37(27)15-30-22)26-31-33-28(40)38(26)19-6-7-23-18(10-19)8-9-36(23)13-17-4-5-17/h6-12,15-17,39H,4-5,13-14H2,1-3H3,(H,33,40). The van der Waals surface area contributed by atoms with Crippen LogP contribution in [0.2, 0.25) is 0 Å². The molecule has 0 amide bonds. The number of imidazole rings is 1. The Labute approximate surface area is 238 Å². The molecule has 1 aliphatic rings. The topological polar surface area (TPSA) is 150 Å². The van der Waals surface area contributed by atoms with E-state index in [-0.39, 0.29) is 29.8 Å². The second-order valence-corrected chi connectivity index (χ2v) is 11.1. The maximum atomic E-state index is 13.0. The molecular formula is C29H29N9O4. The molecule has 13 heteroatoms. The Morgan fingerprint density at radius 2 is 1.98 bits per heavy atom. The normalized spacial score (nSPS) is 13.5. The van der Waals surface area contributed by atoms with E-state index in [0.717, 1.165) is 33.6 Å². The summed E-state index contributed by atoms with van der Waals surface area (Å²) in [5, 5.41) is 26.9. The van der Waals surface area contributed by atoms with Crippen molar-refractivity contribution in [2.45, 2.75) is 45.8 Å². The fourth-order valence-electron chi connectivity index (χ4n) is 5.30. The molecule has 2 N–H and O–H groups in total. The molecule has 2 aromatic carbocycles. The van der Waals surface area contributed by atoms with Crippen LogP contribution in [-0.2, 0) is 20.2 Å². The third kappa shape index (κ3) is 4.33. The van der Waals surface area contributed by atoms with Gasteiger partial charge in [-0.05, 0) is 60.6 Å². The van der Waals surface area contributed by atoms with Crippen LogP contribution in [0, 0.1) is 5.92 Å². The molecule has 4 heterocycles. The van der Waals surface area contributed by atoms with E-state index in [4.69, 9.17) is 4.74 Å². The lowest BCUT2D eigenvalue weighted by Crippen LogP contribution is -2.27. The zero-order valence-corrected chi connectivity index (χ0v) is 23.4. The van der Waals surface area contributed by atoms with E-state index in [0.29, 0.717) is 28.3 Å². The zero-order valence-electron chi connectivity index (χ0n) is 23.4. The van der Waals surface area contributed by atoms with E-state index in [1.165, 1.54) is 41.3 Å². The van der Waals surface area contributed by atoms with Crippen LogP contribution in [-0.4, -0.2) is 48.8 Å². The fourth-order valence-corrected chi connectivity index (χ4v) is 5.30. The number of nitrogens with zero attached hydrogens (tertiary/aromatic N) is 8. The number of ether oxygens (including phenoxy) is 1.